The number of hydrogen-bond donors (Lipinski definition) is 0. The maximum Gasteiger partial charge on any atom is 0.254 e. The highest BCUT2D eigenvalue weighted by atomic mass is 35.5. The lowest BCUT2D eigenvalue weighted by atomic mass is 10.1. The lowest BCUT2D eigenvalue weighted by Gasteiger charge is -2.22. The molecule has 0 spiro atoms. The first-order valence-electron chi connectivity index (χ1n) is 9.54. The molecule has 27 heavy (non-hydrogen) atoms. The highest BCUT2D eigenvalue weighted by Crippen LogP contribution is 2.23. The molecule has 3 rings (SSSR count). The molecule has 0 saturated heterocycles. The summed E-state index contributed by atoms with van der Waals surface area (Å²) >= 11 is 6.20. The van der Waals surface area contributed by atoms with Gasteiger partial charge in [0.2, 0.25) is 0 Å². The summed E-state index contributed by atoms with van der Waals surface area (Å²) in [6.07, 6.45) is 1.89. The molecule has 0 atom stereocenters. The second-order valence-electron chi connectivity index (χ2n) is 6.91. The third-order valence-corrected chi connectivity index (χ3v) is 4.85. The minimum Gasteiger partial charge on any atom is -0.331 e. The molecular formula is C22H26ClN3O. The molecule has 0 radical (unpaired) electrons. The molecule has 142 valence electrons. The first kappa shape index (κ1) is 19.4. The van der Waals surface area contributed by atoms with Crippen LogP contribution in [-0.4, -0.2) is 26.9 Å². The van der Waals surface area contributed by atoms with Crippen LogP contribution in [0.5, 0.6) is 0 Å². The maximum atomic E-state index is 13.1. The van der Waals surface area contributed by atoms with Gasteiger partial charge in [-0.05, 0) is 50.1 Å². The van der Waals surface area contributed by atoms with Gasteiger partial charge in [-0.2, -0.15) is 0 Å². The Labute approximate surface area is 165 Å². The van der Waals surface area contributed by atoms with Gasteiger partial charge in [-0.3, -0.25) is 4.79 Å². The molecule has 1 aromatic heterocycles. The van der Waals surface area contributed by atoms with Crippen molar-refractivity contribution in [1.82, 2.24) is 14.5 Å². The van der Waals surface area contributed by atoms with Gasteiger partial charge in [-0.25, -0.2) is 4.98 Å². The largest absolute Gasteiger partial charge is 0.331 e. The van der Waals surface area contributed by atoms with Crippen molar-refractivity contribution in [1.29, 1.82) is 0 Å². The van der Waals surface area contributed by atoms with E-state index in [-0.39, 0.29) is 5.91 Å². The molecule has 0 bridgehead atoms. The molecule has 0 saturated carbocycles. The summed E-state index contributed by atoms with van der Waals surface area (Å²) < 4.78 is 2.19. The Hall–Kier alpha value is -2.33. The number of halogens is 1. The van der Waals surface area contributed by atoms with Crippen LogP contribution in [0.15, 0.2) is 42.5 Å². The zero-order valence-electron chi connectivity index (χ0n) is 16.2. The van der Waals surface area contributed by atoms with Crippen molar-refractivity contribution >= 4 is 28.5 Å². The summed E-state index contributed by atoms with van der Waals surface area (Å²) in [5.41, 5.74) is 3.76. The highest BCUT2D eigenvalue weighted by Gasteiger charge is 2.19. The molecule has 0 aliphatic carbocycles. The Morgan fingerprint density at radius 2 is 1.96 bits per heavy atom. The van der Waals surface area contributed by atoms with E-state index in [9.17, 15) is 4.79 Å². The number of nitrogens with zero attached hydrogens (tertiary/aromatic N) is 3. The quantitative estimate of drug-likeness (QED) is 0.543. The van der Waals surface area contributed by atoms with Crippen LogP contribution < -0.4 is 0 Å². The lowest BCUT2D eigenvalue weighted by Crippen LogP contribution is -2.32. The van der Waals surface area contributed by atoms with Crippen molar-refractivity contribution in [2.24, 2.45) is 0 Å². The van der Waals surface area contributed by atoms with E-state index in [0.29, 0.717) is 18.1 Å². The molecule has 0 N–H and O–H groups in total. The SMILES string of the molecule is CCCN(Cc1nc2ccc(Cl)cc2n1CCC)C(=O)c1cccc(C)c1. The summed E-state index contributed by atoms with van der Waals surface area (Å²) in [5, 5.41) is 0.701. The summed E-state index contributed by atoms with van der Waals surface area (Å²) in [4.78, 5) is 19.8. The van der Waals surface area contributed by atoms with Gasteiger partial charge in [-0.15, -0.1) is 0 Å². The molecule has 1 amide bonds. The van der Waals surface area contributed by atoms with Crippen molar-refractivity contribution in [2.75, 3.05) is 6.54 Å². The minimum atomic E-state index is 0.0497. The van der Waals surface area contributed by atoms with Gasteiger partial charge in [-0.1, -0.05) is 43.1 Å². The van der Waals surface area contributed by atoms with Crippen molar-refractivity contribution in [3.8, 4) is 0 Å². The third-order valence-electron chi connectivity index (χ3n) is 4.61. The Bertz CT molecular complexity index is 948. The molecule has 1 heterocycles. The number of carbonyl (C=O) groups excluding carboxylic acids is 1. The predicted molar refractivity (Wildman–Crippen MR) is 111 cm³/mol. The number of imidazole rings is 1. The lowest BCUT2D eigenvalue weighted by molar-refractivity contribution is 0.0737. The van der Waals surface area contributed by atoms with E-state index in [2.05, 4.69) is 18.4 Å². The predicted octanol–water partition coefficient (Wildman–Crippen LogP) is 5.46. The maximum absolute atomic E-state index is 13.1. The fourth-order valence-corrected chi connectivity index (χ4v) is 3.56. The van der Waals surface area contributed by atoms with Crippen LogP contribution in [-0.2, 0) is 13.1 Å². The van der Waals surface area contributed by atoms with Crippen LogP contribution in [0.1, 0.15) is 48.4 Å². The van der Waals surface area contributed by atoms with E-state index in [1.54, 1.807) is 0 Å². The number of carbonyl (C=O) groups is 1. The van der Waals surface area contributed by atoms with Crippen molar-refractivity contribution in [3.63, 3.8) is 0 Å². The third kappa shape index (κ3) is 4.33. The van der Waals surface area contributed by atoms with Crippen LogP contribution in [0.4, 0.5) is 0 Å². The molecule has 5 heteroatoms. The second-order valence-corrected chi connectivity index (χ2v) is 7.35. The average Bonchev–Trinajstić information content (AvgIpc) is 2.98. The van der Waals surface area contributed by atoms with Gasteiger partial charge in [0, 0.05) is 23.7 Å². The topological polar surface area (TPSA) is 38.1 Å². The molecule has 2 aromatic carbocycles. The number of benzene rings is 2. The molecule has 0 fully saturated rings. The summed E-state index contributed by atoms with van der Waals surface area (Å²) in [6, 6.07) is 13.5. The van der Waals surface area contributed by atoms with Crippen LogP contribution >= 0.6 is 11.6 Å². The zero-order valence-corrected chi connectivity index (χ0v) is 17.0. The Morgan fingerprint density at radius 3 is 2.67 bits per heavy atom. The second kappa shape index (κ2) is 8.57. The number of aromatic nitrogens is 2. The van der Waals surface area contributed by atoms with Gasteiger partial charge in [0.25, 0.3) is 5.91 Å². The van der Waals surface area contributed by atoms with E-state index in [4.69, 9.17) is 16.6 Å². The van der Waals surface area contributed by atoms with E-state index in [1.165, 1.54) is 0 Å². The Morgan fingerprint density at radius 1 is 1.15 bits per heavy atom. The number of aryl methyl sites for hydroxylation is 2. The molecular weight excluding hydrogens is 358 g/mol. The minimum absolute atomic E-state index is 0.0497. The van der Waals surface area contributed by atoms with Crippen LogP contribution in [0.2, 0.25) is 5.02 Å². The number of amides is 1. The Kier molecular flexibility index (Phi) is 6.17. The molecule has 4 nitrogen and oxygen atoms in total. The molecule has 3 aromatic rings. The van der Waals surface area contributed by atoms with Gasteiger partial charge in [0.05, 0.1) is 17.6 Å². The first-order chi connectivity index (χ1) is 13.0. The molecule has 0 aliphatic rings. The molecule has 0 aliphatic heterocycles. The fraction of sp³-hybridized carbons (Fsp3) is 0.364. The van der Waals surface area contributed by atoms with E-state index in [1.807, 2.05) is 54.3 Å². The van der Waals surface area contributed by atoms with Gasteiger partial charge in [0.1, 0.15) is 5.82 Å². The van der Waals surface area contributed by atoms with Crippen LogP contribution in [0, 0.1) is 6.92 Å². The summed E-state index contributed by atoms with van der Waals surface area (Å²) in [7, 11) is 0. The van der Waals surface area contributed by atoms with Gasteiger partial charge < -0.3 is 9.47 Å². The van der Waals surface area contributed by atoms with Gasteiger partial charge >= 0.3 is 0 Å². The number of rotatable bonds is 7. The normalized spacial score (nSPS) is 11.1. The van der Waals surface area contributed by atoms with Crippen molar-refractivity contribution in [2.45, 2.75) is 46.7 Å². The highest BCUT2D eigenvalue weighted by molar-refractivity contribution is 6.31. The van der Waals surface area contributed by atoms with Crippen LogP contribution in [0.25, 0.3) is 11.0 Å². The van der Waals surface area contributed by atoms with Gasteiger partial charge in [0.15, 0.2) is 0 Å². The zero-order chi connectivity index (χ0) is 19.4. The standard InChI is InChI=1S/C22H26ClN3O/c1-4-11-25(22(27)17-8-6-7-16(3)13-17)15-21-24-19-10-9-18(23)14-20(19)26(21)12-5-2/h6-10,13-14H,4-5,11-12,15H2,1-3H3. The summed E-state index contributed by atoms with van der Waals surface area (Å²) in [6.45, 7) is 8.28. The fourth-order valence-electron chi connectivity index (χ4n) is 3.39. The van der Waals surface area contributed by atoms with E-state index < -0.39 is 0 Å². The van der Waals surface area contributed by atoms with Crippen molar-refractivity contribution in [3.05, 3.63) is 64.4 Å². The average molecular weight is 384 g/mol. The first-order valence-corrected chi connectivity index (χ1v) is 9.91. The Balaban J connectivity index is 1.96. The van der Waals surface area contributed by atoms with Crippen LogP contribution in [0.3, 0.4) is 0 Å². The monoisotopic (exact) mass is 383 g/mol. The smallest absolute Gasteiger partial charge is 0.254 e. The summed E-state index contributed by atoms with van der Waals surface area (Å²) in [5.74, 6) is 0.956. The van der Waals surface area contributed by atoms with E-state index >= 15 is 0 Å². The number of fused-ring (bicyclic) bond motifs is 1. The van der Waals surface area contributed by atoms with E-state index in [0.717, 1.165) is 47.4 Å². The van der Waals surface area contributed by atoms with Crippen molar-refractivity contribution < 1.29 is 4.79 Å². The molecule has 0 unspecified atom stereocenters. The number of hydrogen-bond acceptors (Lipinski definition) is 2.